The predicted octanol–water partition coefficient (Wildman–Crippen LogP) is 3.24. The van der Waals surface area contributed by atoms with Gasteiger partial charge in [0, 0.05) is 11.5 Å². The van der Waals surface area contributed by atoms with E-state index in [0.717, 1.165) is 31.3 Å². The Hall–Kier alpha value is -0.570. The van der Waals surface area contributed by atoms with Crippen LogP contribution >= 0.6 is 0 Å². The fourth-order valence-corrected chi connectivity index (χ4v) is 3.02. The van der Waals surface area contributed by atoms with Crippen molar-refractivity contribution in [3.63, 3.8) is 0 Å². The molecule has 18 heavy (non-hydrogen) atoms. The van der Waals surface area contributed by atoms with Crippen LogP contribution < -0.4 is 5.73 Å². The molecule has 1 aliphatic rings. The van der Waals surface area contributed by atoms with Crippen LogP contribution in [0, 0.1) is 16.7 Å². The molecule has 3 N–H and O–H groups in total. The summed E-state index contributed by atoms with van der Waals surface area (Å²) in [6.07, 6.45) is 7.67. The van der Waals surface area contributed by atoms with Gasteiger partial charge in [0.2, 0.25) is 0 Å². The molecule has 0 aromatic heterocycles. The van der Waals surface area contributed by atoms with E-state index in [4.69, 9.17) is 11.1 Å². The predicted molar refractivity (Wildman–Crippen MR) is 79.0 cm³/mol. The summed E-state index contributed by atoms with van der Waals surface area (Å²) >= 11 is 0. The minimum atomic E-state index is -0.140. The number of hydrogen-bond acceptors (Lipinski definition) is 2. The smallest absolute Gasteiger partial charge is 0.0963 e. The quantitative estimate of drug-likeness (QED) is 0.564. The van der Waals surface area contributed by atoms with Crippen molar-refractivity contribution in [1.82, 2.24) is 4.90 Å². The highest BCUT2D eigenvalue weighted by Gasteiger charge is 2.26. The average molecular weight is 253 g/mol. The van der Waals surface area contributed by atoms with E-state index >= 15 is 0 Å². The molecular weight excluding hydrogens is 222 g/mol. The Bertz CT molecular complexity index is 273. The van der Waals surface area contributed by atoms with Gasteiger partial charge in [-0.2, -0.15) is 0 Å². The summed E-state index contributed by atoms with van der Waals surface area (Å²) in [6.45, 7) is 7.66. The van der Waals surface area contributed by atoms with Crippen LogP contribution in [-0.4, -0.2) is 30.4 Å². The third-order valence-corrected chi connectivity index (χ3v) is 4.67. The van der Waals surface area contributed by atoms with Crippen molar-refractivity contribution in [3.8, 4) is 0 Å². The van der Waals surface area contributed by atoms with E-state index < -0.39 is 0 Å². The molecule has 0 amide bonds. The molecular formula is C15H31N3. The number of nitrogens with one attached hydrogen (secondary N) is 1. The highest BCUT2D eigenvalue weighted by Crippen LogP contribution is 2.28. The maximum absolute atomic E-state index is 7.57. The highest BCUT2D eigenvalue weighted by atomic mass is 15.1. The molecule has 0 spiro atoms. The summed E-state index contributed by atoms with van der Waals surface area (Å²) < 4.78 is 0. The zero-order valence-corrected chi connectivity index (χ0v) is 12.6. The van der Waals surface area contributed by atoms with E-state index in [-0.39, 0.29) is 5.41 Å². The van der Waals surface area contributed by atoms with Crippen molar-refractivity contribution in [2.45, 2.75) is 65.3 Å². The molecule has 3 heteroatoms. The molecule has 0 bridgehead atoms. The second-order valence-electron chi connectivity index (χ2n) is 6.71. The Kier molecular flexibility index (Phi) is 5.64. The molecule has 0 aliphatic heterocycles. The summed E-state index contributed by atoms with van der Waals surface area (Å²) in [6, 6.07) is 0.763. The van der Waals surface area contributed by atoms with Crippen molar-refractivity contribution in [2.75, 3.05) is 13.6 Å². The van der Waals surface area contributed by atoms with Gasteiger partial charge in [0.15, 0.2) is 0 Å². The van der Waals surface area contributed by atoms with Gasteiger partial charge in [-0.15, -0.1) is 0 Å². The molecule has 2 unspecified atom stereocenters. The van der Waals surface area contributed by atoms with Crippen LogP contribution in [0.3, 0.4) is 0 Å². The fraction of sp³-hybridized carbons (Fsp3) is 0.933. The molecule has 3 nitrogen and oxygen atoms in total. The van der Waals surface area contributed by atoms with E-state index in [2.05, 4.69) is 32.7 Å². The van der Waals surface area contributed by atoms with Crippen molar-refractivity contribution in [3.05, 3.63) is 0 Å². The van der Waals surface area contributed by atoms with Crippen molar-refractivity contribution < 1.29 is 0 Å². The van der Waals surface area contributed by atoms with Crippen LogP contribution in [0.5, 0.6) is 0 Å². The van der Waals surface area contributed by atoms with Gasteiger partial charge in [-0.25, -0.2) is 0 Å². The molecule has 106 valence electrons. The normalized spacial score (nSPS) is 25.4. The number of nitrogens with two attached hydrogens (primary N) is 1. The first-order valence-electron chi connectivity index (χ1n) is 7.39. The second kappa shape index (κ2) is 6.55. The van der Waals surface area contributed by atoms with E-state index in [1.165, 1.54) is 25.7 Å². The molecule has 1 saturated carbocycles. The molecule has 1 fully saturated rings. The summed E-state index contributed by atoms with van der Waals surface area (Å²) in [5.74, 6) is 1.15. The van der Waals surface area contributed by atoms with Crippen molar-refractivity contribution in [1.29, 1.82) is 5.41 Å². The van der Waals surface area contributed by atoms with Crippen LogP contribution in [0.15, 0.2) is 0 Å². The molecule has 0 heterocycles. The van der Waals surface area contributed by atoms with E-state index in [0.29, 0.717) is 5.84 Å². The Balaban J connectivity index is 2.32. The van der Waals surface area contributed by atoms with Gasteiger partial charge in [0.25, 0.3) is 0 Å². The largest absolute Gasteiger partial charge is 0.387 e. The lowest BCUT2D eigenvalue weighted by molar-refractivity contribution is 0.135. The summed E-state index contributed by atoms with van der Waals surface area (Å²) in [5.41, 5.74) is 5.48. The molecule has 0 aromatic carbocycles. The molecule has 0 radical (unpaired) electrons. The van der Waals surface area contributed by atoms with Crippen LogP contribution in [0.4, 0.5) is 0 Å². The fourth-order valence-electron chi connectivity index (χ4n) is 3.02. The van der Waals surface area contributed by atoms with Gasteiger partial charge in [-0.1, -0.05) is 33.6 Å². The zero-order valence-electron chi connectivity index (χ0n) is 12.6. The Labute approximate surface area is 113 Å². The van der Waals surface area contributed by atoms with Gasteiger partial charge in [0.1, 0.15) is 0 Å². The molecule has 0 saturated heterocycles. The molecule has 0 aromatic rings. The first kappa shape index (κ1) is 15.5. The number of rotatable bonds is 6. The first-order valence-corrected chi connectivity index (χ1v) is 7.39. The lowest BCUT2D eigenvalue weighted by atomic mass is 9.84. The maximum atomic E-state index is 7.57. The molecule has 1 aliphatic carbocycles. The maximum Gasteiger partial charge on any atom is 0.0963 e. The van der Waals surface area contributed by atoms with Gasteiger partial charge < -0.3 is 10.6 Å². The minimum absolute atomic E-state index is 0.140. The van der Waals surface area contributed by atoms with Crippen LogP contribution in [-0.2, 0) is 0 Å². The minimum Gasteiger partial charge on any atom is -0.387 e. The first-order chi connectivity index (χ1) is 8.34. The number of hydrogen-bond donors (Lipinski definition) is 2. The van der Waals surface area contributed by atoms with Crippen LogP contribution in [0.1, 0.15) is 59.3 Å². The second-order valence-corrected chi connectivity index (χ2v) is 6.71. The monoisotopic (exact) mass is 253 g/mol. The van der Waals surface area contributed by atoms with E-state index in [9.17, 15) is 0 Å². The third-order valence-electron chi connectivity index (χ3n) is 4.67. The average Bonchev–Trinajstić information content (AvgIpc) is 2.29. The van der Waals surface area contributed by atoms with Gasteiger partial charge in [0.05, 0.1) is 5.84 Å². The third kappa shape index (κ3) is 4.27. The van der Waals surface area contributed by atoms with Gasteiger partial charge in [-0.3, -0.25) is 5.41 Å². The molecule has 1 rings (SSSR count). The summed E-state index contributed by atoms with van der Waals surface area (Å²) in [7, 11) is 2.26. The number of amidine groups is 1. The lowest BCUT2D eigenvalue weighted by Gasteiger charge is -2.36. The van der Waals surface area contributed by atoms with Gasteiger partial charge >= 0.3 is 0 Å². The topological polar surface area (TPSA) is 53.1 Å². The van der Waals surface area contributed by atoms with Crippen molar-refractivity contribution in [2.24, 2.45) is 17.1 Å². The zero-order chi connectivity index (χ0) is 13.8. The standard InChI is InChI=1S/C15H31N3/c1-12-8-5-6-9-13(12)18(4)11-7-10-15(2,3)14(16)17/h12-13H,5-11H2,1-4H3,(H3,16,17). The van der Waals surface area contributed by atoms with Crippen molar-refractivity contribution >= 4 is 5.84 Å². The molecule has 2 atom stereocenters. The number of nitrogens with zero attached hydrogens (tertiary/aromatic N) is 1. The SMILES string of the molecule is CC1CCCCC1N(C)CCCC(C)(C)C(=N)N. The van der Waals surface area contributed by atoms with E-state index in [1.807, 2.05) is 0 Å². The summed E-state index contributed by atoms with van der Waals surface area (Å²) in [5, 5.41) is 7.57. The highest BCUT2D eigenvalue weighted by molar-refractivity contribution is 5.82. The Morgan fingerprint density at radius 3 is 2.50 bits per heavy atom. The Morgan fingerprint density at radius 1 is 1.33 bits per heavy atom. The van der Waals surface area contributed by atoms with E-state index in [1.54, 1.807) is 0 Å². The summed E-state index contributed by atoms with van der Waals surface area (Å²) in [4.78, 5) is 2.53. The van der Waals surface area contributed by atoms with Gasteiger partial charge in [-0.05, 0) is 45.2 Å². The Morgan fingerprint density at radius 2 is 1.94 bits per heavy atom. The van der Waals surface area contributed by atoms with Crippen LogP contribution in [0.2, 0.25) is 0 Å². The van der Waals surface area contributed by atoms with Crippen LogP contribution in [0.25, 0.3) is 0 Å². The lowest BCUT2D eigenvalue weighted by Crippen LogP contribution is -2.40.